The smallest absolute Gasteiger partial charge is 0.388 e. The van der Waals surface area contributed by atoms with Crippen LogP contribution in [0.4, 0.5) is 22.0 Å². The van der Waals surface area contributed by atoms with Gasteiger partial charge < -0.3 is 10.8 Å². The average molecular weight is 292 g/mol. The fourth-order valence-electron chi connectivity index (χ4n) is 1.28. The fraction of sp³-hybridized carbons (Fsp3) is 0.400. The molecule has 0 bridgehead atoms. The van der Waals surface area contributed by atoms with Gasteiger partial charge in [-0.3, -0.25) is 0 Å². The molecule has 0 amide bonds. The molecule has 0 aliphatic heterocycles. The quantitative estimate of drug-likeness (QED) is 0.841. The SMILES string of the molecule is Cl.N[C@@H](C[C@@H](O)c1cc(F)cc(F)c1)C(F)(F)F. The molecule has 0 aromatic heterocycles. The van der Waals surface area contributed by atoms with E-state index in [1.54, 1.807) is 0 Å². The molecule has 0 fully saturated rings. The molecule has 0 aliphatic rings. The third kappa shape index (κ3) is 4.75. The number of nitrogens with two attached hydrogens (primary N) is 1. The Morgan fingerprint density at radius 3 is 1.94 bits per heavy atom. The number of halogens is 6. The molecule has 0 radical (unpaired) electrons. The lowest BCUT2D eigenvalue weighted by atomic mass is 10.0. The lowest BCUT2D eigenvalue weighted by molar-refractivity contribution is -0.153. The first-order valence-electron chi connectivity index (χ1n) is 4.66. The van der Waals surface area contributed by atoms with E-state index in [-0.39, 0.29) is 18.0 Å². The van der Waals surface area contributed by atoms with Crippen LogP contribution >= 0.6 is 12.4 Å². The van der Waals surface area contributed by atoms with E-state index in [2.05, 4.69) is 0 Å². The number of hydrogen-bond acceptors (Lipinski definition) is 2. The van der Waals surface area contributed by atoms with Gasteiger partial charge in [-0.2, -0.15) is 13.2 Å². The van der Waals surface area contributed by atoms with Crippen molar-refractivity contribution in [3.63, 3.8) is 0 Å². The van der Waals surface area contributed by atoms with Gasteiger partial charge in [0, 0.05) is 12.5 Å². The first-order valence-corrected chi connectivity index (χ1v) is 4.66. The normalized spacial score (nSPS) is 14.8. The van der Waals surface area contributed by atoms with Gasteiger partial charge in [-0.25, -0.2) is 8.78 Å². The van der Waals surface area contributed by atoms with Crippen LogP contribution < -0.4 is 5.73 Å². The van der Waals surface area contributed by atoms with E-state index in [0.717, 1.165) is 12.1 Å². The van der Waals surface area contributed by atoms with Gasteiger partial charge in [0.05, 0.1) is 6.10 Å². The van der Waals surface area contributed by atoms with Crippen molar-refractivity contribution >= 4 is 12.4 Å². The zero-order valence-corrected chi connectivity index (χ0v) is 9.73. The van der Waals surface area contributed by atoms with Crippen molar-refractivity contribution in [1.29, 1.82) is 0 Å². The Balaban J connectivity index is 0.00000289. The number of hydrogen-bond donors (Lipinski definition) is 2. The molecule has 0 saturated heterocycles. The molecule has 0 saturated carbocycles. The van der Waals surface area contributed by atoms with Crippen LogP contribution in [0.5, 0.6) is 0 Å². The van der Waals surface area contributed by atoms with Crippen molar-refractivity contribution in [2.24, 2.45) is 5.73 Å². The van der Waals surface area contributed by atoms with Gasteiger partial charge in [-0.05, 0) is 17.7 Å². The minimum atomic E-state index is -4.66. The van der Waals surface area contributed by atoms with Crippen LogP contribution in [0.3, 0.4) is 0 Å². The Hall–Kier alpha value is -0.920. The summed E-state index contributed by atoms with van der Waals surface area (Å²) in [6.07, 6.45) is -7.18. The van der Waals surface area contributed by atoms with Crippen LogP contribution in [0.1, 0.15) is 18.1 Å². The first kappa shape index (κ1) is 17.1. The molecule has 8 heteroatoms. The van der Waals surface area contributed by atoms with E-state index < -0.39 is 36.4 Å². The summed E-state index contributed by atoms with van der Waals surface area (Å²) in [4.78, 5) is 0. The van der Waals surface area contributed by atoms with E-state index in [1.807, 2.05) is 0 Å². The predicted molar refractivity (Wildman–Crippen MR) is 57.2 cm³/mol. The molecule has 2 nitrogen and oxygen atoms in total. The van der Waals surface area contributed by atoms with Crippen molar-refractivity contribution in [3.8, 4) is 0 Å². The highest BCUT2D eigenvalue weighted by Crippen LogP contribution is 2.27. The van der Waals surface area contributed by atoms with Gasteiger partial charge in [0.25, 0.3) is 0 Å². The van der Waals surface area contributed by atoms with Crippen LogP contribution in [0.25, 0.3) is 0 Å². The van der Waals surface area contributed by atoms with Crippen LogP contribution in [-0.4, -0.2) is 17.3 Å². The summed E-state index contributed by atoms with van der Waals surface area (Å²) < 4.78 is 61.8. The monoisotopic (exact) mass is 291 g/mol. The molecular formula is C10H11ClF5NO. The summed E-state index contributed by atoms with van der Waals surface area (Å²) in [5.74, 6) is -1.95. The molecule has 1 aromatic carbocycles. The largest absolute Gasteiger partial charge is 0.403 e. The van der Waals surface area contributed by atoms with Gasteiger partial charge in [0.2, 0.25) is 0 Å². The maximum atomic E-state index is 12.8. The summed E-state index contributed by atoms with van der Waals surface area (Å²) in [5, 5.41) is 9.39. The average Bonchev–Trinajstić information content (AvgIpc) is 2.14. The topological polar surface area (TPSA) is 46.2 Å². The van der Waals surface area contributed by atoms with Gasteiger partial charge in [0.15, 0.2) is 0 Å². The molecular weight excluding hydrogens is 281 g/mol. The summed E-state index contributed by atoms with van der Waals surface area (Å²) in [7, 11) is 0. The summed E-state index contributed by atoms with van der Waals surface area (Å²) in [6.45, 7) is 0. The molecule has 104 valence electrons. The maximum absolute atomic E-state index is 12.8. The van der Waals surface area contributed by atoms with E-state index in [9.17, 15) is 27.1 Å². The fourth-order valence-corrected chi connectivity index (χ4v) is 1.28. The minimum Gasteiger partial charge on any atom is -0.388 e. The van der Waals surface area contributed by atoms with E-state index in [1.165, 1.54) is 0 Å². The number of benzene rings is 1. The molecule has 0 unspecified atom stereocenters. The van der Waals surface area contributed by atoms with Crippen molar-refractivity contribution in [3.05, 3.63) is 35.4 Å². The lowest BCUT2D eigenvalue weighted by Gasteiger charge is -2.19. The molecule has 3 N–H and O–H groups in total. The Labute approximate surface area is 106 Å². The van der Waals surface area contributed by atoms with Crippen molar-refractivity contribution in [2.45, 2.75) is 24.7 Å². The summed E-state index contributed by atoms with van der Waals surface area (Å²) in [6, 6.07) is -0.169. The van der Waals surface area contributed by atoms with Gasteiger partial charge in [-0.1, -0.05) is 0 Å². The number of rotatable bonds is 3. The molecule has 0 aliphatic carbocycles. The number of aliphatic hydroxyl groups is 1. The first-order chi connectivity index (χ1) is 7.70. The molecule has 1 rings (SSSR count). The zero-order valence-electron chi connectivity index (χ0n) is 8.92. The van der Waals surface area contributed by atoms with Gasteiger partial charge in [0.1, 0.15) is 17.7 Å². The highest BCUT2D eigenvalue weighted by Gasteiger charge is 2.38. The van der Waals surface area contributed by atoms with Gasteiger partial charge in [-0.15, -0.1) is 12.4 Å². The number of aliphatic hydroxyl groups excluding tert-OH is 1. The lowest BCUT2D eigenvalue weighted by Crippen LogP contribution is -2.38. The Morgan fingerprint density at radius 1 is 1.11 bits per heavy atom. The van der Waals surface area contributed by atoms with Crippen molar-refractivity contribution in [2.75, 3.05) is 0 Å². The second kappa shape index (κ2) is 6.31. The van der Waals surface area contributed by atoms with E-state index in [4.69, 9.17) is 5.73 Å². The van der Waals surface area contributed by atoms with Crippen LogP contribution in [0.2, 0.25) is 0 Å². The molecule has 0 heterocycles. The minimum absolute atomic E-state index is 0. The Morgan fingerprint density at radius 2 is 1.56 bits per heavy atom. The molecule has 18 heavy (non-hydrogen) atoms. The van der Waals surface area contributed by atoms with Gasteiger partial charge >= 0.3 is 6.18 Å². The standard InChI is InChI=1S/C10H10F5NO.ClH/c11-6-1-5(2-7(12)3-6)8(17)4-9(16)10(13,14)15;/h1-3,8-9,17H,4,16H2;1H/t8-,9+;/m1./s1. The highest BCUT2D eigenvalue weighted by atomic mass is 35.5. The second-order valence-electron chi connectivity index (χ2n) is 3.60. The molecule has 1 aromatic rings. The predicted octanol–water partition coefficient (Wildman–Crippen LogP) is 2.70. The van der Waals surface area contributed by atoms with Crippen LogP contribution in [-0.2, 0) is 0 Å². The third-order valence-corrected chi connectivity index (χ3v) is 2.17. The van der Waals surface area contributed by atoms with E-state index >= 15 is 0 Å². The summed E-state index contributed by atoms with van der Waals surface area (Å²) >= 11 is 0. The van der Waals surface area contributed by atoms with Crippen LogP contribution in [0.15, 0.2) is 18.2 Å². The molecule has 0 spiro atoms. The number of alkyl halides is 3. The second-order valence-corrected chi connectivity index (χ2v) is 3.60. The third-order valence-electron chi connectivity index (χ3n) is 2.17. The Kier molecular flexibility index (Phi) is 5.98. The van der Waals surface area contributed by atoms with Crippen molar-refractivity contribution < 1.29 is 27.1 Å². The Bertz CT molecular complexity index is 378. The van der Waals surface area contributed by atoms with Crippen LogP contribution in [0, 0.1) is 11.6 Å². The highest BCUT2D eigenvalue weighted by molar-refractivity contribution is 5.85. The summed E-state index contributed by atoms with van der Waals surface area (Å²) in [5.41, 5.74) is 4.52. The maximum Gasteiger partial charge on any atom is 0.403 e. The van der Waals surface area contributed by atoms with E-state index in [0.29, 0.717) is 6.07 Å². The van der Waals surface area contributed by atoms with Crippen molar-refractivity contribution in [1.82, 2.24) is 0 Å². The molecule has 2 atom stereocenters. The zero-order chi connectivity index (χ0) is 13.2.